The van der Waals surface area contributed by atoms with Crippen LogP contribution in [-0.2, 0) is 4.74 Å². The molecule has 0 aliphatic rings. The van der Waals surface area contributed by atoms with Gasteiger partial charge in [-0.2, -0.15) is 13.2 Å². The lowest BCUT2D eigenvalue weighted by Gasteiger charge is -2.19. The Kier molecular flexibility index (Phi) is 3.55. The lowest BCUT2D eigenvalue weighted by molar-refractivity contribution is -0.0858. The van der Waals surface area contributed by atoms with Crippen LogP contribution in [0.25, 0.3) is 0 Å². The molecule has 0 heterocycles. The van der Waals surface area contributed by atoms with E-state index in [4.69, 9.17) is 5.41 Å². The van der Waals surface area contributed by atoms with E-state index in [0.717, 1.165) is 0 Å². The van der Waals surface area contributed by atoms with E-state index in [1.54, 1.807) is 13.8 Å². The van der Waals surface area contributed by atoms with Crippen LogP contribution in [-0.4, -0.2) is 18.2 Å². The molecule has 0 aromatic heterocycles. The van der Waals surface area contributed by atoms with Crippen molar-refractivity contribution in [3.8, 4) is 0 Å². The van der Waals surface area contributed by atoms with Gasteiger partial charge in [0.1, 0.15) is 0 Å². The van der Waals surface area contributed by atoms with E-state index in [1.165, 1.54) is 6.92 Å². The molecule has 0 aromatic rings. The van der Waals surface area contributed by atoms with Crippen LogP contribution in [0.3, 0.4) is 0 Å². The van der Waals surface area contributed by atoms with E-state index in [-0.39, 0.29) is 5.92 Å². The zero-order chi connectivity index (χ0) is 9.94. The fraction of sp³-hybridized carbons (Fsp3) is 0.857. The maximum Gasteiger partial charge on any atom is 0.467 e. The quantitative estimate of drug-likeness (QED) is 0.518. The monoisotopic (exact) mass is 183 g/mol. The molecule has 0 aliphatic heterocycles. The highest BCUT2D eigenvalue weighted by molar-refractivity contribution is 5.78. The van der Waals surface area contributed by atoms with Gasteiger partial charge in [0.05, 0.1) is 6.10 Å². The molecule has 12 heavy (non-hydrogen) atoms. The second-order valence-corrected chi connectivity index (χ2v) is 2.89. The van der Waals surface area contributed by atoms with Gasteiger partial charge in [0, 0.05) is 0 Å². The van der Waals surface area contributed by atoms with Crippen LogP contribution in [0.4, 0.5) is 13.2 Å². The van der Waals surface area contributed by atoms with Gasteiger partial charge in [-0.15, -0.1) is 0 Å². The molecule has 0 unspecified atom stereocenters. The Labute approximate surface area is 69.2 Å². The minimum Gasteiger partial charge on any atom is -0.471 e. The summed E-state index contributed by atoms with van der Waals surface area (Å²) in [6, 6.07) is 0. The predicted octanol–water partition coefficient (Wildman–Crippen LogP) is 2.59. The van der Waals surface area contributed by atoms with Gasteiger partial charge >= 0.3 is 6.18 Å². The number of hydrogen-bond donors (Lipinski definition) is 1. The molecule has 72 valence electrons. The Morgan fingerprint density at radius 3 is 1.92 bits per heavy atom. The van der Waals surface area contributed by atoms with Crippen molar-refractivity contribution in [3.05, 3.63) is 0 Å². The first-order chi connectivity index (χ1) is 5.25. The molecule has 0 spiro atoms. The largest absolute Gasteiger partial charge is 0.471 e. The predicted molar refractivity (Wildman–Crippen MR) is 39.2 cm³/mol. The molecule has 0 bridgehead atoms. The molecule has 0 fully saturated rings. The first-order valence-corrected chi connectivity index (χ1v) is 3.57. The Morgan fingerprint density at radius 1 is 1.25 bits per heavy atom. The number of halogens is 3. The highest BCUT2D eigenvalue weighted by Crippen LogP contribution is 2.19. The van der Waals surface area contributed by atoms with Crippen molar-refractivity contribution in [1.29, 1.82) is 5.41 Å². The summed E-state index contributed by atoms with van der Waals surface area (Å²) in [4.78, 5) is 0. The molecule has 0 amide bonds. The summed E-state index contributed by atoms with van der Waals surface area (Å²) in [6.45, 7) is 4.97. The highest BCUT2D eigenvalue weighted by Gasteiger charge is 2.37. The summed E-state index contributed by atoms with van der Waals surface area (Å²) >= 11 is 0. The first-order valence-electron chi connectivity index (χ1n) is 3.57. The molecular weight excluding hydrogens is 171 g/mol. The topological polar surface area (TPSA) is 33.1 Å². The molecule has 1 N–H and O–H groups in total. The first kappa shape index (κ1) is 11.3. The van der Waals surface area contributed by atoms with Crippen LogP contribution < -0.4 is 0 Å². The molecule has 1 atom stereocenters. The van der Waals surface area contributed by atoms with E-state index in [9.17, 15) is 13.2 Å². The van der Waals surface area contributed by atoms with E-state index in [1.807, 2.05) is 0 Å². The van der Waals surface area contributed by atoms with E-state index in [2.05, 4.69) is 4.74 Å². The molecule has 0 saturated carbocycles. The van der Waals surface area contributed by atoms with Crippen molar-refractivity contribution < 1.29 is 17.9 Å². The average molecular weight is 183 g/mol. The van der Waals surface area contributed by atoms with Gasteiger partial charge in [-0.3, -0.25) is 5.41 Å². The number of hydrogen-bond acceptors (Lipinski definition) is 2. The van der Waals surface area contributed by atoms with Crippen LogP contribution in [0.2, 0.25) is 0 Å². The minimum absolute atomic E-state index is 0.0345. The summed E-state index contributed by atoms with van der Waals surface area (Å²) < 4.78 is 39.5. The third-order valence-corrected chi connectivity index (χ3v) is 1.50. The summed E-state index contributed by atoms with van der Waals surface area (Å²) in [5.74, 6) is -1.66. The Bertz CT molecular complexity index is 165. The van der Waals surface area contributed by atoms with E-state index in [0.29, 0.717) is 0 Å². The molecule has 0 saturated heterocycles. The highest BCUT2D eigenvalue weighted by atomic mass is 19.4. The summed E-state index contributed by atoms with van der Waals surface area (Å²) in [5, 5.41) is 6.52. The molecular formula is C7H12F3NO. The Balaban J connectivity index is 4.02. The van der Waals surface area contributed by atoms with Crippen molar-refractivity contribution in [2.45, 2.75) is 33.1 Å². The molecule has 5 heteroatoms. The van der Waals surface area contributed by atoms with Gasteiger partial charge in [-0.25, -0.2) is 0 Å². The lowest BCUT2D eigenvalue weighted by atomic mass is 10.1. The molecule has 0 aliphatic carbocycles. The van der Waals surface area contributed by atoms with Gasteiger partial charge in [0.25, 0.3) is 5.90 Å². The zero-order valence-corrected chi connectivity index (χ0v) is 7.20. The van der Waals surface area contributed by atoms with Crippen molar-refractivity contribution in [1.82, 2.24) is 0 Å². The lowest BCUT2D eigenvalue weighted by Crippen LogP contribution is -2.30. The van der Waals surface area contributed by atoms with Crippen LogP contribution in [0, 0.1) is 11.3 Å². The maximum atomic E-state index is 11.7. The third-order valence-electron chi connectivity index (χ3n) is 1.50. The standard InChI is InChI=1S/C7H12F3NO/c1-4(2)5(3)12-6(11)7(8,9)10/h4-5,11H,1-3H3/t5-/m1/s1. The Morgan fingerprint density at radius 2 is 1.67 bits per heavy atom. The molecule has 0 aromatic carbocycles. The SMILES string of the molecule is CC(C)[C@@H](C)OC(=N)C(F)(F)F. The third kappa shape index (κ3) is 3.59. The summed E-state index contributed by atoms with van der Waals surface area (Å²) in [7, 11) is 0. The molecule has 2 nitrogen and oxygen atoms in total. The van der Waals surface area contributed by atoms with Crippen molar-refractivity contribution in [3.63, 3.8) is 0 Å². The fourth-order valence-corrected chi connectivity index (χ4v) is 0.389. The maximum absolute atomic E-state index is 11.7. The molecule has 0 rings (SSSR count). The van der Waals surface area contributed by atoms with Gasteiger partial charge in [0.15, 0.2) is 0 Å². The minimum atomic E-state index is -4.66. The smallest absolute Gasteiger partial charge is 0.467 e. The van der Waals surface area contributed by atoms with E-state index >= 15 is 0 Å². The number of ether oxygens (including phenoxy) is 1. The van der Waals surface area contributed by atoms with Crippen molar-refractivity contribution in [2.24, 2.45) is 5.92 Å². The average Bonchev–Trinajstić information content (AvgIpc) is 1.85. The van der Waals surface area contributed by atoms with Crippen LogP contribution >= 0.6 is 0 Å². The van der Waals surface area contributed by atoms with Crippen molar-refractivity contribution in [2.75, 3.05) is 0 Å². The normalized spacial score (nSPS) is 14.6. The van der Waals surface area contributed by atoms with Crippen LogP contribution in [0.5, 0.6) is 0 Å². The van der Waals surface area contributed by atoms with Gasteiger partial charge in [-0.05, 0) is 12.8 Å². The zero-order valence-electron chi connectivity index (χ0n) is 7.20. The van der Waals surface area contributed by atoms with Gasteiger partial charge in [-0.1, -0.05) is 13.8 Å². The van der Waals surface area contributed by atoms with Gasteiger partial charge < -0.3 is 4.74 Å². The second-order valence-electron chi connectivity index (χ2n) is 2.89. The number of alkyl halides is 3. The fourth-order valence-electron chi connectivity index (χ4n) is 0.389. The molecule has 0 radical (unpaired) electrons. The van der Waals surface area contributed by atoms with E-state index < -0.39 is 18.2 Å². The number of nitrogens with one attached hydrogen (secondary N) is 1. The van der Waals surface area contributed by atoms with Crippen LogP contribution in [0.15, 0.2) is 0 Å². The Hall–Kier alpha value is -0.740. The second kappa shape index (κ2) is 3.78. The van der Waals surface area contributed by atoms with Crippen LogP contribution in [0.1, 0.15) is 20.8 Å². The van der Waals surface area contributed by atoms with Crippen molar-refractivity contribution >= 4 is 5.90 Å². The number of rotatable bonds is 2. The van der Waals surface area contributed by atoms with Gasteiger partial charge in [0.2, 0.25) is 0 Å². The summed E-state index contributed by atoms with van der Waals surface area (Å²) in [5.41, 5.74) is 0. The summed E-state index contributed by atoms with van der Waals surface area (Å²) in [6.07, 6.45) is -5.25.